The van der Waals surface area contributed by atoms with Gasteiger partial charge in [-0.25, -0.2) is 4.98 Å². The van der Waals surface area contributed by atoms with Crippen molar-refractivity contribution >= 4 is 0 Å². The Hall–Kier alpha value is -1.61. The van der Waals surface area contributed by atoms with Crippen LogP contribution < -0.4 is 0 Å². The van der Waals surface area contributed by atoms with Gasteiger partial charge in [-0.3, -0.25) is 0 Å². The quantitative estimate of drug-likeness (QED) is 0.850. The second kappa shape index (κ2) is 4.94. The molecule has 0 saturated heterocycles. The first kappa shape index (κ1) is 10.9. The van der Waals surface area contributed by atoms with Crippen molar-refractivity contribution in [2.75, 3.05) is 0 Å². The number of rotatable bonds is 4. The van der Waals surface area contributed by atoms with Crippen LogP contribution in [0.5, 0.6) is 0 Å². The predicted molar refractivity (Wildman–Crippen MR) is 63.0 cm³/mol. The van der Waals surface area contributed by atoms with E-state index >= 15 is 0 Å². The summed E-state index contributed by atoms with van der Waals surface area (Å²) in [7, 11) is 0. The van der Waals surface area contributed by atoms with Crippen LogP contribution in [0.2, 0.25) is 0 Å². The summed E-state index contributed by atoms with van der Waals surface area (Å²) in [5.74, 6) is 0. The zero-order chi connectivity index (χ0) is 11.4. The molecule has 16 heavy (non-hydrogen) atoms. The lowest BCUT2D eigenvalue weighted by Crippen LogP contribution is -2.10. The van der Waals surface area contributed by atoms with Crippen LogP contribution in [0.4, 0.5) is 0 Å². The fraction of sp³-hybridized carbons (Fsp3) is 0.308. The van der Waals surface area contributed by atoms with Gasteiger partial charge in [-0.05, 0) is 18.9 Å². The standard InChI is InChI=1S/C13H16N2O/c1-11(7-12-5-3-2-4-6-12)15-10-14-8-13(15)9-16/h2-6,8,10-11,16H,7,9H2,1H3. The maximum atomic E-state index is 9.16. The minimum Gasteiger partial charge on any atom is -0.390 e. The van der Waals surface area contributed by atoms with Gasteiger partial charge in [0, 0.05) is 6.04 Å². The number of hydrogen-bond donors (Lipinski definition) is 1. The minimum absolute atomic E-state index is 0.0408. The summed E-state index contributed by atoms with van der Waals surface area (Å²) >= 11 is 0. The Morgan fingerprint density at radius 2 is 2.06 bits per heavy atom. The smallest absolute Gasteiger partial charge is 0.0951 e. The molecule has 2 aromatic rings. The van der Waals surface area contributed by atoms with Gasteiger partial charge < -0.3 is 9.67 Å². The van der Waals surface area contributed by atoms with E-state index in [1.807, 2.05) is 22.8 Å². The van der Waals surface area contributed by atoms with Crippen molar-refractivity contribution in [1.82, 2.24) is 9.55 Å². The van der Waals surface area contributed by atoms with Gasteiger partial charge in [0.2, 0.25) is 0 Å². The number of aliphatic hydroxyl groups is 1. The Labute approximate surface area is 95.4 Å². The Balaban J connectivity index is 2.11. The third-order valence-corrected chi connectivity index (χ3v) is 2.76. The van der Waals surface area contributed by atoms with Gasteiger partial charge in [0.05, 0.1) is 24.8 Å². The van der Waals surface area contributed by atoms with Crippen LogP contribution in [0, 0.1) is 0 Å². The maximum Gasteiger partial charge on any atom is 0.0951 e. The van der Waals surface area contributed by atoms with Crippen LogP contribution in [0.1, 0.15) is 24.2 Å². The third-order valence-electron chi connectivity index (χ3n) is 2.76. The van der Waals surface area contributed by atoms with Gasteiger partial charge >= 0.3 is 0 Å². The fourth-order valence-corrected chi connectivity index (χ4v) is 1.90. The molecule has 1 aromatic heterocycles. The molecule has 1 aromatic carbocycles. The van der Waals surface area contributed by atoms with E-state index in [9.17, 15) is 0 Å². The first-order valence-electron chi connectivity index (χ1n) is 5.46. The molecule has 1 unspecified atom stereocenters. The predicted octanol–water partition coefficient (Wildman–Crippen LogP) is 2.18. The molecule has 84 valence electrons. The number of hydrogen-bond acceptors (Lipinski definition) is 2. The van der Waals surface area contributed by atoms with Crippen LogP contribution >= 0.6 is 0 Å². The number of benzene rings is 1. The molecule has 0 spiro atoms. The highest BCUT2D eigenvalue weighted by Gasteiger charge is 2.09. The fourth-order valence-electron chi connectivity index (χ4n) is 1.90. The van der Waals surface area contributed by atoms with Crippen LogP contribution in [-0.4, -0.2) is 14.7 Å². The Bertz CT molecular complexity index is 436. The Morgan fingerprint density at radius 1 is 1.31 bits per heavy atom. The zero-order valence-electron chi connectivity index (χ0n) is 9.37. The van der Waals surface area contributed by atoms with Crippen molar-refractivity contribution in [2.24, 2.45) is 0 Å². The van der Waals surface area contributed by atoms with Crippen molar-refractivity contribution in [3.63, 3.8) is 0 Å². The Kier molecular flexibility index (Phi) is 3.37. The molecule has 1 heterocycles. The van der Waals surface area contributed by atoms with Gasteiger partial charge in [-0.2, -0.15) is 0 Å². The molecule has 0 radical (unpaired) electrons. The molecule has 3 nitrogen and oxygen atoms in total. The van der Waals surface area contributed by atoms with E-state index in [0.29, 0.717) is 6.04 Å². The van der Waals surface area contributed by atoms with Crippen molar-refractivity contribution in [1.29, 1.82) is 0 Å². The highest BCUT2D eigenvalue weighted by Crippen LogP contribution is 2.15. The highest BCUT2D eigenvalue weighted by atomic mass is 16.3. The molecule has 0 aliphatic heterocycles. The van der Waals surface area contributed by atoms with Gasteiger partial charge in [-0.15, -0.1) is 0 Å². The van der Waals surface area contributed by atoms with Gasteiger partial charge in [0.15, 0.2) is 0 Å². The summed E-state index contributed by atoms with van der Waals surface area (Å²) in [6.07, 6.45) is 4.44. The van der Waals surface area contributed by atoms with Crippen LogP contribution in [0.25, 0.3) is 0 Å². The molecular weight excluding hydrogens is 200 g/mol. The second-order valence-corrected chi connectivity index (χ2v) is 3.99. The first-order chi connectivity index (χ1) is 7.81. The zero-order valence-corrected chi connectivity index (χ0v) is 9.37. The molecule has 0 aliphatic rings. The van der Waals surface area contributed by atoms with E-state index in [0.717, 1.165) is 12.1 Å². The molecule has 0 saturated carbocycles. The van der Waals surface area contributed by atoms with Crippen LogP contribution in [0.3, 0.4) is 0 Å². The third kappa shape index (κ3) is 2.31. The topological polar surface area (TPSA) is 38.0 Å². The van der Waals surface area contributed by atoms with Crippen molar-refractivity contribution in [3.8, 4) is 0 Å². The monoisotopic (exact) mass is 216 g/mol. The van der Waals surface area contributed by atoms with E-state index in [1.54, 1.807) is 12.5 Å². The number of nitrogens with zero attached hydrogens (tertiary/aromatic N) is 2. The van der Waals surface area contributed by atoms with Crippen molar-refractivity contribution in [3.05, 3.63) is 54.1 Å². The van der Waals surface area contributed by atoms with E-state index < -0.39 is 0 Å². The molecule has 0 aliphatic carbocycles. The summed E-state index contributed by atoms with van der Waals surface area (Å²) in [6, 6.07) is 10.7. The lowest BCUT2D eigenvalue weighted by atomic mass is 10.1. The summed E-state index contributed by atoms with van der Waals surface area (Å²) in [5.41, 5.74) is 2.16. The molecular formula is C13H16N2O. The average molecular weight is 216 g/mol. The van der Waals surface area contributed by atoms with Crippen LogP contribution in [0.15, 0.2) is 42.9 Å². The van der Waals surface area contributed by atoms with Gasteiger partial charge in [-0.1, -0.05) is 30.3 Å². The second-order valence-electron chi connectivity index (χ2n) is 3.99. The summed E-state index contributed by atoms with van der Waals surface area (Å²) in [6.45, 7) is 2.17. The molecule has 3 heteroatoms. The SMILES string of the molecule is CC(Cc1ccccc1)n1cncc1CO. The van der Waals surface area contributed by atoms with E-state index in [4.69, 9.17) is 5.11 Å². The molecule has 0 amide bonds. The normalized spacial score (nSPS) is 12.6. The maximum absolute atomic E-state index is 9.16. The number of imidazole rings is 1. The van der Waals surface area contributed by atoms with Gasteiger partial charge in [0.25, 0.3) is 0 Å². The molecule has 0 fully saturated rings. The van der Waals surface area contributed by atoms with E-state index in [-0.39, 0.29) is 6.61 Å². The van der Waals surface area contributed by atoms with E-state index in [2.05, 4.69) is 24.0 Å². The van der Waals surface area contributed by atoms with E-state index in [1.165, 1.54) is 5.56 Å². The van der Waals surface area contributed by atoms with Crippen LogP contribution in [-0.2, 0) is 13.0 Å². The first-order valence-corrected chi connectivity index (χ1v) is 5.46. The van der Waals surface area contributed by atoms with Crippen molar-refractivity contribution in [2.45, 2.75) is 26.0 Å². The highest BCUT2D eigenvalue weighted by molar-refractivity contribution is 5.16. The molecule has 1 atom stereocenters. The largest absolute Gasteiger partial charge is 0.390 e. The lowest BCUT2D eigenvalue weighted by molar-refractivity contribution is 0.267. The van der Waals surface area contributed by atoms with Gasteiger partial charge in [0.1, 0.15) is 0 Å². The summed E-state index contributed by atoms with van der Waals surface area (Å²) in [5, 5.41) is 9.16. The molecule has 2 rings (SSSR count). The Morgan fingerprint density at radius 3 is 2.75 bits per heavy atom. The number of aliphatic hydroxyl groups excluding tert-OH is 1. The average Bonchev–Trinajstić information content (AvgIpc) is 2.78. The summed E-state index contributed by atoms with van der Waals surface area (Å²) in [4.78, 5) is 4.06. The van der Waals surface area contributed by atoms with Crippen molar-refractivity contribution < 1.29 is 5.11 Å². The molecule has 1 N–H and O–H groups in total. The lowest BCUT2D eigenvalue weighted by Gasteiger charge is -2.15. The summed E-state index contributed by atoms with van der Waals surface area (Å²) < 4.78 is 2.02. The number of aromatic nitrogens is 2. The molecule has 0 bridgehead atoms. The minimum atomic E-state index is 0.0408.